The van der Waals surface area contributed by atoms with Crippen molar-refractivity contribution < 1.29 is 9.53 Å². The van der Waals surface area contributed by atoms with Crippen LogP contribution in [0.2, 0.25) is 0 Å². The van der Waals surface area contributed by atoms with Crippen LogP contribution in [-0.2, 0) is 9.53 Å². The van der Waals surface area contributed by atoms with E-state index >= 15 is 0 Å². The number of hydrogen-bond acceptors (Lipinski definition) is 4. The molecule has 0 radical (unpaired) electrons. The molecule has 0 heterocycles. The quantitative estimate of drug-likeness (QED) is 0.630. The molecule has 1 saturated carbocycles. The van der Waals surface area contributed by atoms with Crippen molar-refractivity contribution in [3.63, 3.8) is 0 Å². The van der Waals surface area contributed by atoms with Gasteiger partial charge in [-0.05, 0) is 32.9 Å². The molecule has 1 unspecified atom stereocenters. The minimum atomic E-state index is -0.160. The molecular formula is C12H24N2O2. The van der Waals surface area contributed by atoms with Crippen LogP contribution in [0.1, 0.15) is 33.6 Å². The molecule has 0 aliphatic heterocycles. The Balaban J connectivity index is 2.44. The van der Waals surface area contributed by atoms with E-state index in [9.17, 15) is 4.79 Å². The summed E-state index contributed by atoms with van der Waals surface area (Å²) in [5.41, 5.74) is 0. The highest BCUT2D eigenvalue weighted by Crippen LogP contribution is 2.19. The molecule has 4 nitrogen and oxygen atoms in total. The van der Waals surface area contributed by atoms with E-state index in [2.05, 4.69) is 24.1 Å². The van der Waals surface area contributed by atoms with Crippen molar-refractivity contribution in [1.82, 2.24) is 10.2 Å². The Bertz CT molecular complexity index is 213. The maximum Gasteiger partial charge on any atom is 0.324 e. The first-order chi connectivity index (χ1) is 7.71. The van der Waals surface area contributed by atoms with E-state index in [0.29, 0.717) is 12.6 Å². The summed E-state index contributed by atoms with van der Waals surface area (Å²) in [5, 5.41) is 3.36. The molecule has 0 amide bonds. The van der Waals surface area contributed by atoms with Crippen molar-refractivity contribution in [2.75, 3.05) is 26.2 Å². The number of nitrogens with zero attached hydrogens (tertiary/aromatic N) is 1. The van der Waals surface area contributed by atoms with Gasteiger partial charge in [0.25, 0.3) is 0 Å². The first kappa shape index (κ1) is 13.5. The van der Waals surface area contributed by atoms with Crippen molar-refractivity contribution in [2.24, 2.45) is 0 Å². The number of nitrogens with one attached hydrogen (secondary N) is 1. The fourth-order valence-corrected chi connectivity index (χ4v) is 1.71. The molecule has 0 spiro atoms. The number of ether oxygens (including phenoxy) is 1. The smallest absolute Gasteiger partial charge is 0.324 e. The molecule has 1 N–H and O–H groups in total. The number of carbonyl (C=O) groups is 1. The SMILES string of the molecule is CCOC(=O)C(CN(CC)CC)NC1CC1. The Morgan fingerprint density at radius 3 is 2.44 bits per heavy atom. The molecule has 1 rings (SSSR count). The lowest BCUT2D eigenvalue weighted by Crippen LogP contribution is -2.47. The summed E-state index contributed by atoms with van der Waals surface area (Å²) < 4.78 is 5.09. The van der Waals surface area contributed by atoms with Crippen LogP contribution in [0.4, 0.5) is 0 Å². The lowest BCUT2D eigenvalue weighted by Gasteiger charge is -2.24. The zero-order chi connectivity index (χ0) is 12.0. The van der Waals surface area contributed by atoms with Crippen LogP contribution in [-0.4, -0.2) is 49.2 Å². The number of likely N-dealkylation sites (N-methyl/N-ethyl adjacent to an activating group) is 1. The van der Waals surface area contributed by atoms with Crippen LogP contribution < -0.4 is 5.32 Å². The topological polar surface area (TPSA) is 41.6 Å². The van der Waals surface area contributed by atoms with Crippen LogP contribution >= 0.6 is 0 Å². The minimum absolute atomic E-state index is 0.110. The first-order valence-electron chi connectivity index (χ1n) is 6.36. The van der Waals surface area contributed by atoms with Crippen LogP contribution in [0.5, 0.6) is 0 Å². The average molecular weight is 228 g/mol. The second-order valence-electron chi connectivity index (χ2n) is 4.23. The third kappa shape index (κ3) is 4.49. The van der Waals surface area contributed by atoms with Crippen LogP contribution in [0.25, 0.3) is 0 Å². The highest BCUT2D eigenvalue weighted by molar-refractivity contribution is 5.76. The minimum Gasteiger partial charge on any atom is -0.465 e. The van der Waals surface area contributed by atoms with E-state index in [0.717, 1.165) is 19.6 Å². The molecule has 0 bridgehead atoms. The Labute approximate surface area is 98.3 Å². The Hall–Kier alpha value is -0.610. The van der Waals surface area contributed by atoms with Gasteiger partial charge >= 0.3 is 5.97 Å². The summed E-state index contributed by atoms with van der Waals surface area (Å²) in [4.78, 5) is 14.0. The molecule has 0 aromatic heterocycles. The first-order valence-corrected chi connectivity index (χ1v) is 6.36. The standard InChI is InChI=1S/C12H24N2O2/c1-4-14(5-2)9-11(12(15)16-6-3)13-10-7-8-10/h10-11,13H,4-9H2,1-3H3. The summed E-state index contributed by atoms with van der Waals surface area (Å²) in [6.45, 7) is 9.23. The molecule has 94 valence electrons. The van der Waals surface area contributed by atoms with Crippen molar-refractivity contribution in [3.05, 3.63) is 0 Å². The van der Waals surface area contributed by atoms with Gasteiger partial charge in [0.1, 0.15) is 6.04 Å². The maximum absolute atomic E-state index is 11.8. The van der Waals surface area contributed by atoms with Gasteiger partial charge in [-0.15, -0.1) is 0 Å². The molecule has 1 aliphatic rings. The van der Waals surface area contributed by atoms with Crippen LogP contribution in [0.3, 0.4) is 0 Å². The van der Waals surface area contributed by atoms with Crippen molar-refractivity contribution in [2.45, 2.75) is 45.7 Å². The molecule has 1 fully saturated rings. The van der Waals surface area contributed by atoms with Crippen molar-refractivity contribution in [3.8, 4) is 0 Å². The van der Waals surface area contributed by atoms with Gasteiger partial charge in [0.05, 0.1) is 6.61 Å². The van der Waals surface area contributed by atoms with E-state index in [1.807, 2.05) is 6.92 Å². The van der Waals surface area contributed by atoms with Gasteiger partial charge in [-0.3, -0.25) is 4.79 Å². The molecule has 1 atom stereocenters. The molecule has 16 heavy (non-hydrogen) atoms. The number of hydrogen-bond donors (Lipinski definition) is 1. The monoisotopic (exact) mass is 228 g/mol. The Kier molecular flexibility index (Phi) is 5.77. The van der Waals surface area contributed by atoms with Crippen LogP contribution in [0.15, 0.2) is 0 Å². The largest absolute Gasteiger partial charge is 0.465 e. The predicted molar refractivity (Wildman–Crippen MR) is 64.4 cm³/mol. The average Bonchev–Trinajstić information content (AvgIpc) is 3.08. The van der Waals surface area contributed by atoms with E-state index in [1.165, 1.54) is 12.8 Å². The maximum atomic E-state index is 11.8. The van der Waals surface area contributed by atoms with Gasteiger partial charge in [-0.2, -0.15) is 0 Å². The summed E-state index contributed by atoms with van der Waals surface area (Å²) in [5.74, 6) is -0.110. The normalized spacial score (nSPS) is 17.5. The number of esters is 1. The summed E-state index contributed by atoms with van der Waals surface area (Å²) in [6.07, 6.45) is 2.38. The molecule has 1 aliphatic carbocycles. The van der Waals surface area contributed by atoms with E-state index in [4.69, 9.17) is 4.74 Å². The third-order valence-electron chi connectivity index (χ3n) is 2.92. The lowest BCUT2D eigenvalue weighted by molar-refractivity contribution is -0.146. The van der Waals surface area contributed by atoms with Crippen molar-refractivity contribution in [1.29, 1.82) is 0 Å². The highest BCUT2D eigenvalue weighted by atomic mass is 16.5. The zero-order valence-corrected chi connectivity index (χ0v) is 10.7. The van der Waals surface area contributed by atoms with Gasteiger partial charge in [0.2, 0.25) is 0 Å². The summed E-state index contributed by atoms with van der Waals surface area (Å²) in [7, 11) is 0. The predicted octanol–water partition coefficient (Wildman–Crippen LogP) is 1.01. The lowest BCUT2D eigenvalue weighted by atomic mass is 10.2. The fraction of sp³-hybridized carbons (Fsp3) is 0.917. The Morgan fingerprint density at radius 1 is 1.38 bits per heavy atom. The van der Waals surface area contributed by atoms with E-state index in [-0.39, 0.29) is 12.0 Å². The third-order valence-corrected chi connectivity index (χ3v) is 2.92. The second kappa shape index (κ2) is 6.86. The molecule has 0 saturated heterocycles. The molecule has 0 aromatic rings. The molecular weight excluding hydrogens is 204 g/mol. The van der Waals surface area contributed by atoms with Crippen LogP contribution in [0, 0.1) is 0 Å². The highest BCUT2D eigenvalue weighted by Gasteiger charge is 2.29. The van der Waals surface area contributed by atoms with E-state index in [1.54, 1.807) is 0 Å². The van der Waals surface area contributed by atoms with Gasteiger partial charge in [0, 0.05) is 12.6 Å². The van der Waals surface area contributed by atoms with Crippen molar-refractivity contribution >= 4 is 5.97 Å². The Morgan fingerprint density at radius 2 is 2.00 bits per heavy atom. The van der Waals surface area contributed by atoms with Gasteiger partial charge in [-0.1, -0.05) is 13.8 Å². The number of rotatable bonds is 8. The van der Waals surface area contributed by atoms with E-state index < -0.39 is 0 Å². The molecule has 0 aromatic carbocycles. The fourth-order valence-electron chi connectivity index (χ4n) is 1.71. The second-order valence-corrected chi connectivity index (χ2v) is 4.23. The summed E-state index contributed by atoms with van der Waals surface area (Å²) >= 11 is 0. The number of carbonyl (C=O) groups excluding carboxylic acids is 1. The molecule has 4 heteroatoms. The van der Waals surface area contributed by atoms with Gasteiger partial charge < -0.3 is 15.0 Å². The summed E-state index contributed by atoms with van der Waals surface area (Å²) in [6, 6.07) is 0.373. The van der Waals surface area contributed by atoms with Gasteiger partial charge in [-0.25, -0.2) is 0 Å². The van der Waals surface area contributed by atoms with Gasteiger partial charge in [0.15, 0.2) is 0 Å². The zero-order valence-electron chi connectivity index (χ0n) is 10.7.